The molecule has 0 saturated carbocycles. The highest BCUT2D eigenvalue weighted by Gasteiger charge is 2.17. The summed E-state index contributed by atoms with van der Waals surface area (Å²) in [6, 6.07) is 8.70. The zero-order chi connectivity index (χ0) is 14.7. The third-order valence-electron chi connectivity index (χ3n) is 3.80. The number of hydrogen-bond donors (Lipinski definition) is 0. The van der Waals surface area contributed by atoms with Crippen LogP contribution >= 0.6 is 11.6 Å². The number of halogens is 1. The molecule has 0 atom stereocenters. The molecule has 2 heterocycles. The highest BCUT2D eigenvalue weighted by atomic mass is 35.5. The minimum absolute atomic E-state index is 0.447. The van der Waals surface area contributed by atoms with Gasteiger partial charge in [0.2, 0.25) is 0 Å². The molecule has 1 saturated heterocycles. The Labute approximate surface area is 130 Å². The van der Waals surface area contributed by atoms with E-state index in [4.69, 9.17) is 11.6 Å². The van der Waals surface area contributed by atoms with Crippen LogP contribution in [0.5, 0.6) is 0 Å². The molecule has 0 unspecified atom stereocenters. The number of aryl methyl sites for hydroxylation is 1. The summed E-state index contributed by atoms with van der Waals surface area (Å²) >= 11 is 5.76. The smallest absolute Gasteiger partial charge is 0.147 e. The lowest BCUT2D eigenvalue weighted by Gasteiger charge is -2.36. The molecular formula is C16H19ClN4. The molecule has 110 valence electrons. The predicted molar refractivity (Wildman–Crippen MR) is 85.7 cm³/mol. The lowest BCUT2D eigenvalue weighted by molar-refractivity contribution is 0.247. The van der Waals surface area contributed by atoms with Gasteiger partial charge in [-0.1, -0.05) is 23.7 Å². The van der Waals surface area contributed by atoms with Gasteiger partial charge in [0.15, 0.2) is 0 Å². The Kier molecular flexibility index (Phi) is 4.36. The van der Waals surface area contributed by atoms with Gasteiger partial charge in [0.1, 0.15) is 5.15 Å². The second-order valence-electron chi connectivity index (χ2n) is 5.43. The van der Waals surface area contributed by atoms with Gasteiger partial charge >= 0.3 is 0 Å². The monoisotopic (exact) mass is 302 g/mol. The van der Waals surface area contributed by atoms with E-state index in [0.29, 0.717) is 5.15 Å². The van der Waals surface area contributed by atoms with Crippen molar-refractivity contribution < 1.29 is 0 Å². The third-order valence-corrected chi connectivity index (χ3v) is 3.99. The summed E-state index contributed by atoms with van der Waals surface area (Å²) in [5, 5.41) is 0.447. The van der Waals surface area contributed by atoms with Crippen molar-refractivity contribution in [1.29, 1.82) is 0 Å². The van der Waals surface area contributed by atoms with Gasteiger partial charge in [-0.05, 0) is 24.6 Å². The number of aromatic nitrogens is 2. The lowest BCUT2D eigenvalue weighted by atomic mass is 10.2. The summed E-state index contributed by atoms with van der Waals surface area (Å²) in [5.41, 5.74) is 3.61. The first-order chi connectivity index (χ1) is 10.2. The van der Waals surface area contributed by atoms with Crippen LogP contribution in [-0.4, -0.2) is 41.0 Å². The maximum atomic E-state index is 5.76. The molecule has 1 aliphatic rings. The fourth-order valence-electron chi connectivity index (χ4n) is 2.64. The number of anilines is 1. The third kappa shape index (κ3) is 3.71. The van der Waals surface area contributed by atoms with Crippen LogP contribution in [0.4, 0.5) is 5.69 Å². The molecule has 3 rings (SSSR count). The Morgan fingerprint density at radius 3 is 2.57 bits per heavy atom. The van der Waals surface area contributed by atoms with Crippen molar-refractivity contribution in [3.63, 3.8) is 0 Å². The van der Waals surface area contributed by atoms with Crippen molar-refractivity contribution in [3.8, 4) is 0 Å². The van der Waals surface area contributed by atoms with E-state index in [2.05, 4.69) is 51.0 Å². The Hall–Kier alpha value is -1.65. The minimum Gasteiger partial charge on any atom is -0.369 e. The average Bonchev–Trinajstić information content (AvgIpc) is 2.50. The van der Waals surface area contributed by atoms with Crippen molar-refractivity contribution in [2.24, 2.45) is 0 Å². The molecule has 0 aliphatic carbocycles. The summed E-state index contributed by atoms with van der Waals surface area (Å²) < 4.78 is 0. The maximum Gasteiger partial charge on any atom is 0.147 e. The van der Waals surface area contributed by atoms with E-state index in [1.807, 2.05) is 0 Å². The SMILES string of the molecule is Cc1cccc(N2CCN(Cc3cnc(Cl)cn3)CC2)c1. The van der Waals surface area contributed by atoms with Gasteiger partial charge in [-0.15, -0.1) is 0 Å². The molecule has 0 amide bonds. The first-order valence-electron chi connectivity index (χ1n) is 7.21. The molecule has 2 aromatic rings. The van der Waals surface area contributed by atoms with Gasteiger partial charge in [-0.2, -0.15) is 0 Å². The fourth-order valence-corrected chi connectivity index (χ4v) is 2.74. The molecule has 5 heteroatoms. The average molecular weight is 303 g/mol. The van der Waals surface area contributed by atoms with E-state index in [1.54, 1.807) is 12.4 Å². The summed E-state index contributed by atoms with van der Waals surface area (Å²) in [5.74, 6) is 0. The van der Waals surface area contributed by atoms with Crippen molar-refractivity contribution in [2.45, 2.75) is 13.5 Å². The molecule has 0 radical (unpaired) electrons. The van der Waals surface area contributed by atoms with E-state index in [1.165, 1.54) is 11.3 Å². The van der Waals surface area contributed by atoms with Crippen LogP contribution in [0.3, 0.4) is 0 Å². The Bertz CT molecular complexity index is 591. The fraction of sp³-hybridized carbons (Fsp3) is 0.375. The Morgan fingerprint density at radius 2 is 1.90 bits per heavy atom. The molecule has 1 aromatic heterocycles. The van der Waals surface area contributed by atoms with Crippen molar-refractivity contribution in [3.05, 3.63) is 53.1 Å². The highest BCUT2D eigenvalue weighted by Crippen LogP contribution is 2.18. The molecule has 21 heavy (non-hydrogen) atoms. The predicted octanol–water partition coefficient (Wildman–Crippen LogP) is 2.76. The van der Waals surface area contributed by atoms with Gasteiger partial charge in [0.25, 0.3) is 0 Å². The Morgan fingerprint density at radius 1 is 1.10 bits per heavy atom. The van der Waals surface area contributed by atoms with Gasteiger partial charge in [-0.25, -0.2) is 4.98 Å². The van der Waals surface area contributed by atoms with E-state index >= 15 is 0 Å². The van der Waals surface area contributed by atoms with Crippen LogP contribution in [0.25, 0.3) is 0 Å². The Balaban J connectivity index is 1.56. The second-order valence-corrected chi connectivity index (χ2v) is 5.82. The topological polar surface area (TPSA) is 32.3 Å². The molecule has 1 aliphatic heterocycles. The zero-order valence-corrected chi connectivity index (χ0v) is 12.9. The van der Waals surface area contributed by atoms with Crippen LogP contribution in [0.1, 0.15) is 11.3 Å². The van der Waals surface area contributed by atoms with Crippen molar-refractivity contribution >= 4 is 17.3 Å². The normalized spacial score (nSPS) is 16.2. The van der Waals surface area contributed by atoms with Crippen LogP contribution in [0.15, 0.2) is 36.7 Å². The summed E-state index contributed by atoms with van der Waals surface area (Å²) in [6.07, 6.45) is 3.37. The molecule has 0 bridgehead atoms. The van der Waals surface area contributed by atoms with Gasteiger partial charge in [-0.3, -0.25) is 9.88 Å². The number of rotatable bonds is 3. The van der Waals surface area contributed by atoms with Gasteiger partial charge < -0.3 is 4.90 Å². The van der Waals surface area contributed by atoms with Crippen LogP contribution in [0.2, 0.25) is 5.15 Å². The number of piperazine rings is 1. The molecule has 0 spiro atoms. The summed E-state index contributed by atoms with van der Waals surface area (Å²) in [6.45, 7) is 7.15. The molecule has 1 aromatic carbocycles. The van der Waals surface area contributed by atoms with Crippen molar-refractivity contribution in [2.75, 3.05) is 31.1 Å². The number of benzene rings is 1. The van der Waals surface area contributed by atoms with Crippen LogP contribution < -0.4 is 4.90 Å². The molecular weight excluding hydrogens is 284 g/mol. The largest absolute Gasteiger partial charge is 0.369 e. The lowest BCUT2D eigenvalue weighted by Crippen LogP contribution is -2.46. The van der Waals surface area contributed by atoms with E-state index in [-0.39, 0.29) is 0 Å². The molecule has 4 nitrogen and oxygen atoms in total. The van der Waals surface area contributed by atoms with E-state index in [0.717, 1.165) is 38.4 Å². The number of hydrogen-bond acceptors (Lipinski definition) is 4. The maximum absolute atomic E-state index is 5.76. The van der Waals surface area contributed by atoms with Gasteiger partial charge in [0.05, 0.1) is 18.1 Å². The second kappa shape index (κ2) is 6.41. The van der Waals surface area contributed by atoms with E-state index < -0.39 is 0 Å². The minimum atomic E-state index is 0.447. The van der Waals surface area contributed by atoms with E-state index in [9.17, 15) is 0 Å². The van der Waals surface area contributed by atoms with Gasteiger partial charge in [0, 0.05) is 38.4 Å². The zero-order valence-electron chi connectivity index (χ0n) is 12.2. The standard InChI is InChI=1S/C16H19ClN4/c1-13-3-2-4-15(9-13)21-7-5-20(6-8-21)12-14-10-19-16(17)11-18-14/h2-4,9-11H,5-8,12H2,1H3. The molecule has 1 fully saturated rings. The summed E-state index contributed by atoms with van der Waals surface area (Å²) in [7, 11) is 0. The quantitative estimate of drug-likeness (QED) is 0.873. The first-order valence-corrected chi connectivity index (χ1v) is 7.59. The van der Waals surface area contributed by atoms with Crippen LogP contribution in [0, 0.1) is 6.92 Å². The highest BCUT2D eigenvalue weighted by molar-refractivity contribution is 6.29. The van der Waals surface area contributed by atoms with Crippen molar-refractivity contribution in [1.82, 2.24) is 14.9 Å². The number of nitrogens with zero attached hydrogens (tertiary/aromatic N) is 4. The first kappa shape index (κ1) is 14.3. The van der Waals surface area contributed by atoms with Crippen LogP contribution in [-0.2, 0) is 6.54 Å². The summed E-state index contributed by atoms with van der Waals surface area (Å²) in [4.78, 5) is 13.2. The molecule has 0 N–H and O–H groups in total.